The molecule has 0 unspecified atom stereocenters. The summed E-state index contributed by atoms with van der Waals surface area (Å²) in [5.41, 5.74) is 2.07. The summed E-state index contributed by atoms with van der Waals surface area (Å²) in [6, 6.07) is 19.9. The van der Waals surface area contributed by atoms with Gasteiger partial charge in [-0.25, -0.2) is 0 Å². The average Bonchev–Trinajstić information content (AvgIpc) is 3.30. The Hall–Kier alpha value is -2.99. The molecule has 0 bridgehead atoms. The van der Waals surface area contributed by atoms with Crippen LogP contribution in [0.3, 0.4) is 0 Å². The van der Waals surface area contributed by atoms with Crippen LogP contribution in [0.4, 0.5) is 0 Å². The van der Waals surface area contributed by atoms with Gasteiger partial charge in [0.05, 0.1) is 18.6 Å². The Balaban J connectivity index is 1.46. The van der Waals surface area contributed by atoms with Crippen LogP contribution in [0.15, 0.2) is 65.2 Å². The fourth-order valence-electron chi connectivity index (χ4n) is 3.99. The van der Waals surface area contributed by atoms with Gasteiger partial charge in [0.1, 0.15) is 0 Å². The lowest BCUT2D eigenvalue weighted by Crippen LogP contribution is -2.43. The summed E-state index contributed by atoms with van der Waals surface area (Å²) in [5, 5.41) is 4.17. The van der Waals surface area contributed by atoms with Gasteiger partial charge in [0, 0.05) is 12.6 Å². The van der Waals surface area contributed by atoms with Crippen LogP contribution in [0.25, 0.3) is 11.4 Å². The molecular formula is C24H28N4O2. The third kappa shape index (κ3) is 4.44. The normalized spacial score (nSPS) is 18.1. The SMILES string of the molecule is C[C@H](c1ccccc1)N(C)C(=O)CN1CCCC[C@H]1c1nc(-c2ccccc2)no1. The monoisotopic (exact) mass is 404 g/mol. The standard InChI is InChI=1S/C24H28N4O2/c1-18(19-11-5-3-6-12-19)27(2)22(29)17-28-16-10-9-15-21(28)24-25-23(26-30-24)20-13-7-4-8-14-20/h3-8,11-14,18,21H,9-10,15-17H2,1-2H3/t18-,21+/m1/s1. The van der Waals surface area contributed by atoms with Crippen LogP contribution in [0, 0.1) is 0 Å². The van der Waals surface area contributed by atoms with E-state index >= 15 is 0 Å². The van der Waals surface area contributed by atoms with Gasteiger partial charge in [-0.1, -0.05) is 72.2 Å². The molecule has 1 amide bonds. The van der Waals surface area contributed by atoms with E-state index in [9.17, 15) is 4.79 Å². The van der Waals surface area contributed by atoms with Crippen molar-refractivity contribution in [1.29, 1.82) is 0 Å². The maximum absolute atomic E-state index is 13.0. The zero-order valence-electron chi connectivity index (χ0n) is 17.6. The number of carbonyl (C=O) groups excluding carboxylic acids is 1. The Labute approximate surface area is 177 Å². The van der Waals surface area contributed by atoms with Crippen LogP contribution in [0.5, 0.6) is 0 Å². The van der Waals surface area contributed by atoms with E-state index in [-0.39, 0.29) is 18.0 Å². The second-order valence-electron chi connectivity index (χ2n) is 7.90. The van der Waals surface area contributed by atoms with Gasteiger partial charge in [-0.05, 0) is 31.9 Å². The van der Waals surface area contributed by atoms with Gasteiger partial charge >= 0.3 is 0 Å². The van der Waals surface area contributed by atoms with Gasteiger partial charge in [0.25, 0.3) is 0 Å². The second-order valence-corrected chi connectivity index (χ2v) is 7.90. The minimum absolute atomic E-state index is 0.0203. The van der Waals surface area contributed by atoms with Crippen molar-refractivity contribution in [2.45, 2.75) is 38.3 Å². The molecule has 0 spiro atoms. The van der Waals surface area contributed by atoms with E-state index in [0.717, 1.165) is 36.9 Å². The maximum atomic E-state index is 13.0. The van der Waals surface area contributed by atoms with E-state index < -0.39 is 0 Å². The Morgan fingerprint density at radius 1 is 1.13 bits per heavy atom. The lowest BCUT2D eigenvalue weighted by Gasteiger charge is -2.35. The Bertz CT molecular complexity index is 958. The molecule has 6 nitrogen and oxygen atoms in total. The molecule has 2 aromatic carbocycles. The molecule has 156 valence electrons. The number of hydrogen-bond donors (Lipinski definition) is 0. The first-order valence-corrected chi connectivity index (χ1v) is 10.6. The van der Waals surface area contributed by atoms with Gasteiger partial charge in [0.15, 0.2) is 0 Å². The van der Waals surface area contributed by atoms with Crippen LogP contribution < -0.4 is 0 Å². The number of hydrogen-bond acceptors (Lipinski definition) is 5. The topological polar surface area (TPSA) is 62.5 Å². The molecule has 30 heavy (non-hydrogen) atoms. The number of likely N-dealkylation sites (N-methyl/N-ethyl adjacent to an activating group) is 1. The highest BCUT2D eigenvalue weighted by Crippen LogP contribution is 2.31. The van der Waals surface area contributed by atoms with E-state index in [0.29, 0.717) is 18.3 Å². The number of benzene rings is 2. The molecule has 2 heterocycles. The number of amides is 1. The molecule has 6 heteroatoms. The van der Waals surface area contributed by atoms with Crippen molar-refractivity contribution >= 4 is 5.91 Å². The van der Waals surface area contributed by atoms with Gasteiger partial charge in [-0.2, -0.15) is 4.98 Å². The van der Waals surface area contributed by atoms with Crippen LogP contribution in [-0.4, -0.2) is 46.0 Å². The largest absolute Gasteiger partial charge is 0.338 e. The first-order chi connectivity index (χ1) is 14.6. The first-order valence-electron chi connectivity index (χ1n) is 10.6. The molecule has 1 fully saturated rings. The van der Waals surface area contributed by atoms with Gasteiger partial charge in [-0.15, -0.1) is 0 Å². The van der Waals surface area contributed by atoms with E-state index in [1.807, 2.05) is 60.5 Å². The van der Waals surface area contributed by atoms with Crippen molar-refractivity contribution < 1.29 is 9.32 Å². The van der Waals surface area contributed by atoms with Crippen molar-refractivity contribution in [3.05, 3.63) is 72.1 Å². The quantitative estimate of drug-likeness (QED) is 0.606. The van der Waals surface area contributed by atoms with E-state index in [4.69, 9.17) is 4.52 Å². The van der Waals surface area contributed by atoms with Crippen molar-refractivity contribution in [3.63, 3.8) is 0 Å². The zero-order valence-corrected chi connectivity index (χ0v) is 17.6. The summed E-state index contributed by atoms with van der Waals surface area (Å²) in [6.45, 7) is 3.26. The van der Waals surface area contributed by atoms with Gasteiger partial charge in [-0.3, -0.25) is 9.69 Å². The number of nitrogens with zero attached hydrogens (tertiary/aromatic N) is 4. The molecule has 1 aromatic heterocycles. The number of likely N-dealkylation sites (tertiary alicyclic amines) is 1. The fraction of sp³-hybridized carbons (Fsp3) is 0.375. The highest BCUT2D eigenvalue weighted by atomic mass is 16.5. The predicted octanol–water partition coefficient (Wildman–Crippen LogP) is 4.48. The third-order valence-corrected chi connectivity index (χ3v) is 5.97. The highest BCUT2D eigenvalue weighted by molar-refractivity contribution is 5.78. The number of aromatic nitrogens is 2. The number of carbonyl (C=O) groups is 1. The summed E-state index contributed by atoms with van der Waals surface area (Å²) < 4.78 is 5.62. The van der Waals surface area contributed by atoms with Crippen molar-refractivity contribution in [1.82, 2.24) is 19.9 Å². The molecule has 0 radical (unpaired) electrons. The molecule has 1 aliphatic heterocycles. The molecular weight excluding hydrogens is 376 g/mol. The third-order valence-electron chi connectivity index (χ3n) is 5.97. The minimum Gasteiger partial charge on any atom is -0.338 e. The lowest BCUT2D eigenvalue weighted by molar-refractivity contribution is -0.134. The molecule has 1 aliphatic rings. The molecule has 0 saturated carbocycles. The first kappa shape index (κ1) is 20.3. The van der Waals surface area contributed by atoms with E-state index in [1.54, 1.807) is 0 Å². The maximum Gasteiger partial charge on any atom is 0.244 e. The molecule has 4 rings (SSSR count). The predicted molar refractivity (Wildman–Crippen MR) is 116 cm³/mol. The van der Waals surface area contributed by atoms with Gasteiger partial charge in [0.2, 0.25) is 17.6 Å². The van der Waals surface area contributed by atoms with Crippen LogP contribution in [-0.2, 0) is 4.79 Å². The molecule has 3 aromatic rings. The summed E-state index contributed by atoms with van der Waals surface area (Å²) >= 11 is 0. The van der Waals surface area contributed by atoms with E-state index in [2.05, 4.69) is 34.1 Å². The summed E-state index contributed by atoms with van der Waals surface area (Å²) in [5.74, 6) is 1.29. The Morgan fingerprint density at radius 3 is 2.57 bits per heavy atom. The lowest BCUT2D eigenvalue weighted by atomic mass is 10.0. The smallest absolute Gasteiger partial charge is 0.244 e. The summed E-state index contributed by atoms with van der Waals surface area (Å²) in [6.07, 6.45) is 3.08. The number of rotatable bonds is 6. The highest BCUT2D eigenvalue weighted by Gasteiger charge is 2.31. The summed E-state index contributed by atoms with van der Waals surface area (Å²) in [4.78, 5) is 21.7. The van der Waals surface area contributed by atoms with Crippen LogP contribution in [0.1, 0.15) is 49.7 Å². The average molecular weight is 405 g/mol. The fourth-order valence-corrected chi connectivity index (χ4v) is 3.99. The van der Waals surface area contributed by atoms with Gasteiger partial charge < -0.3 is 9.42 Å². The molecule has 0 N–H and O–H groups in total. The van der Waals surface area contributed by atoms with Crippen molar-refractivity contribution in [2.24, 2.45) is 0 Å². The molecule has 0 aliphatic carbocycles. The number of piperidine rings is 1. The molecule has 2 atom stereocenters. The molecule has 1 saturated heterocycles. The Kier molecular flexibility index (Phi) is 6.23. The minimum atomic E-state index is -0.0203. The zero-order chi connectivity index (χ0) is 20.9. The van der Waals surface area contributed by atoms with E-state index in [1.165, 1.54) is 0 Å². The van der Waals surface area contributed by atoms with Crippen LogP contribution >= 0.6 is 0 Å². The van der Waals surface area contributed by atoms with Crippen LogP contribution in [0.2, 0.25) is 0 Å². The second kappa shape index (κ2) is 9.22. The Morgan fingerprint density at radius 2 is 1.83 bits per heavy atom. The summed E-state index contributed by atoms with van der Waals surface area (Å²) in [7, 11) is 1.87. The van der Waals surface area contributed by atoms with Crippen molar-refractivity contribution in [3.8, 4) is 11.4 Å². The van der Waals surface area contributed by atoms with Crippen molar-refractivity contribution in [2.75, 3.05) is 20.1 Å².